The molecule has 0 aliphatic rings. The largest absolute Gasteiger partial charge is 0.348 e. The van der Waals surface area contributed by atoms with Crippen LogP contribution in [0.15, 0.2) is 73.7 Å². The van der Waals surface area contributed by atoms with E-state index in [-0.39, 0.29) is 5.91 Å². The van der Waals surface area contributed by atoms with Crippen molar-refractivity contribution in [3.8, 4) is 11.5 Å². The Bertz CT molecular complexity index is 1010. The molecule has 0 spiro atoms. The third kappa shape index (κ3) is 2.90. The van der Waals surface area contributed by atoms with Gasteiger partial charge in [-0.1, -0.05) is 18.2 Å². The molecule has 26 heavy (non-hydrogen) atoms. The maximum atomic E-state index is 12.7. The predicted octanol–water partition coefficient (Wildman–Crippen LogP) is 2.33. The molecule has 0 radical (unpaired) electrons. The Labute approximate surface area is 150 Å². The van der Waals surface area contributed by atoms with Crippen LogP contribution < -0.4 is 5.32 Å². The maximum absolute atomic E-state index is 12.7. The minimum Gasteiger partial charge on any atom is -0.348 e. The van der Waals surface area contributed by atoms with Crippen molar-refractivity contribution in [3.05, 3.63) is 84.8 Å². The molecule has 0 bridgehead atoms. The highest BCUT2D eigenvalue weighted by atomic mass is 16.1. The molecule has 0 saturated carbocycles. The molecule has 4 aromatic rings. The molecule has 4 rings (SSSR count). The van der Waals surface area contributed by atoms with Gasteiger partial charge in [0.05, 0.1) is 18.2 Å². The van der Waals surface area contributed by atoms with E-state index in [2.05, 4.69) is 15.4 Å². The number of rotatable bonds is 5. The van der Waals surface area contributed by atoms with Crippen LogP contribution in [0.1, 0.15) is 15.9 Å². The molecule has 3 aromatic heterocycles. The number of carbonyl (C=O) groups is 1. The van der Waals surface area contributed by atoms with Crippen LogP contribution in [-0.2, 0) is 13.6 Å². The Kier molecular flexibility index (Phi) is 4.10. The van der Waals surface area contributed by atoms with Crippen molar-refractivity contribution in [2.45, 2.75) is 6.54 Å². The van der Waals surface area contributed by atoms with E-state index in [0.717, 1.165) is 17.1 Å². The van der Waals surface area contributed by atoms with Crippen LogP contribution in [0.5, 0.6) is 0 Å². The number of aryl methyl sites for hydroxylation is 1. The lowest BCUT2D eigenvalue weighted by molar-refractivity contribution is 0.0951. The number of nitrogens with one attached hydrogen (secondary N) is 1. The number of para-hydroxylation sites is 1. The van der Waals surface area contributed by atoms with Gasteiger partial charge in [0.15, 0.2) is 0 Å². The molecule has 0 atom stereocenters. The Morgan fingerprint density at radius 3 is 2.65 bits per heavy atom. The topological polar surface area (TPSA) is 69.7 Å². The number of aromatic nitrogens is 5. The molecule has 0 aliphatic carbocycles. The lowest BCUT2D eigenvalue weighted by Crippen LogP contribution is -2.24. The number of hydrogen-bond donors (Lipinski definition) is 1. The monoisotopic (exact) mass is 346 g/mol. The number of hydrogen-bond acceptors (Lipinski definition) is 3. The van der Waals surface area contributed by atoms with Crippen LogP contribution in [0.2, 0.25) is 0 Å². The zero-order chi connectivity index (χ0) is 17.9. The lowest BCUT2D eigenvalue weighted by Gasteiger charge is -2.12. The van der Waals surface area contributed by atoms with Crippen LogP contribution in [-0.4, -0.2) is 29.8 Å². The summed E-state index contributed by atoms with van der Waals surface area (Å²) >= 11 is 0. The quantitative estimate of drug-likeness (QED) is 0.603. The molecule has 0 saturated heterocycles. The average Bonchev–Trinajstić information content (AvgIpc) is 3.41. The van der Waals surface area contributed by atoms with E-state index in [1.807, 2.05) is 71.2 Å². The van der Waals surface area contributed by atoms with Gasteiger partial charge >= 0.3 is 0 Å². The highest BCUT2D eigenvalue weighted by Crippen LogP contribution is 2.16. The zero-order valence-corrected chi connectivity index (χ0v) is 14.3. The van der Waals surface area contributed by atoms with Gasteiger partial charge in [0.1, 0.15) is 11.4 Å². The summed E-state index contributed by atoms with van der Waals surface area (Å²) in [6.07, 6.45) is 10.7. The minimum absolute atomic E-state index is 0.165. The molecule has 7 heteroatoms. The minimum atomic E-state index is -0.165. The first-order chi connectivity index (χ1) is 12.7. The van der Waals surface area contributed by atoms with Crippen LogP contribution in [0.3, 0.4) is 0 Å². The average molecular weight is 346 g/mol. The smallest absolute Gasteiger partial charge is 0.256 e. The summed E-state index contributed by atoms with van der Waals surface area (Å²) in [5.74, 6) is 0.567. The first-order valence-electron chi connectivity index (χ1n) is 8.24. The first-order valence-corrected chi connectivity index (χ1v) is 8.24. The Balaban J connectivity index is 1.57. The highest BCUT2D eigenvalue weighted by molar-refractivity contribution is 5.97. The summed E-state index contributed by atoms with van der Waals surface area (Å²) in [4.78, 5) is 16.8. The van der Waals surface area contributed by atoms with Crippen molar-refractivity contribution in [1.82, 2.24) is 29.2 Å². The van der Waals surface area contributed by atoms with E-state index >= 15 is 0 Å². The standard InChI is InChI=1S/C19H18N6O/c1-23-19(24-9-4-5-10-24)16(13-22-23)18(26)21-12-15-6-2-3-7-17(15)25-11-8-20-14-25/h2-11,13-14H,12H2,1H3,(H,21,26). The fourth-order valence-corrected chi connectivity index (χ4v) is 2.96. The molecule has 0 fully saturated rings. The molecule has 130 valence electrons. The van der Waals surface area contributed by atoms with Crippen molar-refractivity contribution in [3.63, 3.8) is 0 Å². The molecule has 3 heterocycles. The summed E-state index contributed by atoms with van der Waals surface area (Å²) in [5, 5.41) is 7.22. The summed E-state index contributed by atoms with van der Waals surface area (Å²) in [5.41, 5.74) is 2.52. The van der Waals surface area contributed by atoms with E-state index in [1.54, 1.807) is 23.4 Å². The molecule has 1 aromatic carbocycles. The van der Waals surface area contributed by atoms with Gasteiger partial charge in [-0.3, -0.25) is 9.48 Å². The van der Waals surface area contributed by atoms with Crippen LogP contribution in [0, 0.1) is 0 Å². The van der Waals surface area contributed by atoms with E-state index in [9.17, 15) is 4.79 Å². The summed E-state index contributed by atoms with van der Waals surface area (Å²) in [6.45, 7) is 0.410. The zero-order valence-electron chi connectivity index (χ0n) is 14.3. The Morgan fingerprint density at radius 1 is 1.08 bits per heavy atom. The lowest BCUT2D eigenvalue weighted by atomic mass is 10.1. The molecule has 0 unspecified atom stereocenters. The van der Waals surface area contributed by atoms with Gasteiger partial charge in [0.2, 0.25) is 0 Å². The molecule has 1 amide bonds. The van der Waals surface area contributed by atoms with Crippen LogP contribution in [0.25, 0.3) is 11.5 Å². The third-order valence-electron chi connectivity index (χ3n) is 4.21. The van der Waals surface area contributed by atoms with Crippen molar-refractivity contribution in [2.24, 2.45) is 7.05 Å². The number of benzene rings is 1. The van der Waals surface area contributed by atoms with Gasteiger partial charge in [0, 0.05) is 38.4 Å². The molecule has 1 N–H and O–H groups in total. The SMILES string of the molecule is Cn1ncc(C(=O)NCc2ccccc2-n2ccnc2)c1-n1cccc1. The van der Waals surface area contributed by atoms with Crippen molar-refractivity contribution < 1.29 is 4.79 Å². The second-order valence-corrected chi connectivity index (χ2v) is 5.88. The number of amides is 1. The van der Waals surface area contributed by atoms with Gasteiger partial charge in [-0.15, -0.1) is 0 Å². The second-order valence-electron chi connectivity index (χ2n) is 5.88. The van der Waals surface area contributed by atoms with E-state index in [4.69, 9.17) is 0 Å². The van der Waals surface area contributed by atoms with Gasteiger partial charge in [-0.05, 0) is 23.8 Å². The summed E-state index contributed by atoms with van der Waals surface area (Å²) < 4.78 is 5.49. The maximum Gasteiger partial charge on any atom is 0.256 e. The van der Waals surface area contributed by atoms with E-state index < -0.39 is 0 Å². The Hall–Kier alpha value is -3.61. The third-order valence-corrected chi connectivity index (χ3v) is 4.21. The van der Waals surface area contributed by atoms with Crippen molar-refractivity contribution >= 4 is 5.91 Å². The molecular formula is C19H18N6O. The highest BCUT2D eigenvalue weighted by Gasteiger charge is 2.17. The molecule has 7 nitrogen and oxygen atoms in total. The van der Waals surface area contributed by atoms with E-state index in [1.165, 1.54) is 0 Å². The van der Waals surface area contributed by atoms with Gasteiger partial charge in [0.25, 0.3) is 5.91 Å². The summed E-state index contributed by atoms with van der Waals surface area (Å²) in [6, 6.07) is 11.7. The number of imidazole rings is 1. The number of nitrogens with zero attached hydrogens (tertiary/aromatic N) is 5. The predicted molar refractivity (Wildman–Crippen MR) is 97.3 cm³/mol. The van der Waals surface area contributed by atoms with Gasteiger partial charge in [-0.25, -0.2) is 4.98 Å². The first kappa shape index (κ1) is 15.9. The summed E-state index contributed by atoms with van der Waals surface area (Å²) in [7, 11) is 1.82. The van der Waals surface area contributed by atoms with Gasteiger partial charge < -0.3 is 14.5 Å². The van der Waals surface area contributed by atoms with Crippen LogP contribution in [0.4, 0.5) is 0 Å². The normalized spacial score (nSPS) is 10.8. The fraction of sp³-hybridized carbons (Fsp3) is 0.105. The van der Waals surface area contributed by atoms with Crippen LogP contribution >= 0.6 is 0 Å². The Morgan fingerprint density at radius 2 is 1.88 bits per heavy atom. The molecular weight excluding hydrogens is 328 g/mol. The second kappa shape index (κ2) is 6.72. The van der Waals surface area contributed by atoms with E-state index in [0.29, 0.717) is 12.1 Å². The molecule has 0 aliphatic heterocycles. The fourth-order valence-electron chi connectivity index (χ4n) is 2.96. The van der Waals surface area contributed by atoms with Crippen molar-refractivity contribution in [2.75, 3.05) is 0 Å². The van der Waals surface area contributed by atoms with Crippen molar-refractivity contribution in [1.29, 1.82) is 0 Å². The number of carbonyl (C=O) groups excluding carboxylic acids is 1. The van der Waals surface area contributed by atoms with Gasteiger partial charge in [-0.2, -0.15) is 5.10 Å².